The van der Waals surface area contributed by atoms with Gasteiger partial charge in [-0.05, 0) is 31.6 Å². The first kappa shape index (κ1) is 12.7. The minimum Gasteiger partial charge on any atom is -0.456 e. The van der Waals surface area contributed by atoms with Crippen molar-refractivity contribution in [1.29, 1.82) is 0 Å². The molecule has 1 aliphatic heterocycles. The van der Waals surface area contributed by atoms with Crippen LogP contribution < -0.4 is 5.32 Å². The van der Waals surface area contributed by atoms with Crippen molar-refractivity contribution < 1.29 is 18.3 Å². The normalized spacial score (nSPS) is 36.9. The molecule has 0 spiro atoms. The smallest absolute Gasteiger partial charge is 0.377 e. The van der Waals surface area contributed by atoms with E-state index in [0.29, 0.717) is 12.6 Å². The van der Waals surface area contributed by atoms with Gasteiger partial charge in [0, 0.05) is 12.6 Å². The minimum atomic E-state index is -3.28. The van der Waals surface area contributed by atoms with Crippen molar-refractivity contribution in [2.75, 3.05) is 6.54 Å². The van der Waals surface area contributed by atoms with Crippen molar-refractivity contribution >= 4 is 5.97 Å². The molecule has 17 heavy (non-hydrogen) atoms. The van der Waals surface area contributed by atoms with Gasteiger partial charge in [0.15, 0.2) is 0 Å². The fourth-order valence-corrected chi connectivity index (χ4v) is 2.52. The first-order chi connectivity index (χ1) is 7.97. The van der Waals surface area contributed by atoms with Crippen LogP contribution in [0.15, 0.2) is 0 Å². The fraction of sp³-hybridized carbons (Fsp3) is 0.917. The molecule has 2 aliphatic rings. The molecule has 1 saturated carbocycles. The summed E-state index contributed by atoms with van der Waals surface area (Å²) >= 11 is 0. The highest BCUT2D eigenvalue weighted by atomic mass is 19.3. The number of rotatable bonds is 3. The third-order valence-corrected chi connectivity index (χ3v) is 3.71. The molecular weight excluding hydrogens is 228 g/mol. The molecule has 98 valence electrons. The topological polar surface area (TPSA) is 38.3 Å². The summed E-state index contributed by atoms with van der Waals surface area (Å²) in [5.41, 5.74) is 0. The Hall–Kier alpha value is -0.710. The lowest BCUT2D eigenvalue weighted by Crippen LogP contribution is -2.37. The predicted molar refractivity (Wildman–Crippen MR) is 58.9 cm³/mol. The molecule has 1 heterocycles. The van der Waals surface area contributed by atoms with Gasteiger partial charge in [-0.2, -0.15) is 8.78 Å². The molecule has 0 bridgehead atoms. The number of alkyl halides is 2. The van der Waals surface area contributed by atoms with Crippen molar-refractivity contribution in [3.8, 4) is 0 Å². The van der Waals surface area contributed by atoms with Gasteiger partial charge < -0.3 is 10.1 Å². The molecule has 0 aromatic rings. The Kier molecular flexibility index (Phi) is 3.66. The summed E-state index contributed by atoms with van der Waals surface area (Å²) in [6.45, 7) is 2.58. The average molecular weight is 247 g/mol. The molecule has 0 amide bonds. The summed E-state index contributed by atoms with van der Waals surface area (Å²) < 4.78 is 30.4. The molecule has 0 aromatic heterocycles. The van der Waals surface area contributed by atoms with Crippen molar-refractivity contribution in [1.82, 2.24) is 5.32 Å². The quantitative estimate of drug-likeness (QED) is 0.776. The van der Waals surface area contributed by atoms with E-state index in [1.165, 1.54) is 12.8 Å². The number of cyclic esters (lactones) is 1. The average Bonchev–Trinajstić information content (AvgIpc) is 2.52. The van der Waals surface area contributed by atoms with Gasteiger partial charge in [0.1, 0.15) is 6.10 Å². The fourth-order valence-electron chi connectivity index (χ4n) is 2.52. The van der Waals surface area contributed by atoms with Gasteiger partial charge in [-0.3, -0.25) is 0 Å². The van der Waals surface area contributed by atoms with E-state index in [-0.39, 0.29) is 0 Å². The molecule has 1 atom stereocenters. The summed E-state index contributed by atoms with van der Waals surface area (Å²) in [5, 5.41) is 3.23. The second-order valence-electron chi connectivity index (χ2n) is 5.30. The van der Waals surface area contributed by atoms with Crippen LogP contribution in [0.25, 0.3) is 0 Å². The Morgan fingerprint density at radius 3 is 2.53 bits per heavy atom. The molecule has 1 unspecified atom stereocenters. The second-order valence-corrected chi connectivity index (χ2v) is 5.30. The maximum Gasteiger partial charge on any atom is 0.377 e. The lowest BCUT2D eigenvalue weighted by molar-refractivity contribution is -0.159. The number of halogens is 2. The highest BCUT2D eigenvalue weighted by Crippen LogP contribution is 2.31. The number of nitrogens with one attached hydrogen (secondary N) is 1. The highest BCUT2D eigenvalue weighted by Gasteiger charge is 2.50. The third-order valence-electron chi connectivity index (χ3n) is 3.71. The molecule has 2 fully saturated rings. The van der Waals surface area contributed by atoms with Gasteiger partial charge in [0.05, 0.1) is 6.42 Å². The van der Waals surface area contributed by atoms with Crippen LogP contribution in [0, 0.1) is 5.92 Å². The van der Waals surface area contributed by atoms with E-state index >= 15 is 0 Å². The van der Waals surface area contributed by atoms with Gasteiger partial charge in [-0.15, -0.1) is 0 Å². The molecule has 1 N–H and O–H groups in total. The van der Waals surface area contributed by atoms with Gasteiger partial charge in [0.2, 0.25) is 0 Å². The number of ether oxygens (including phenoxy) is 1. The summed E-state index contributed by atoms with van der Waals surface area (Å²) in [7, 11) is 0. The molecule has 5 heteroatoms. The number of hydrogen-bond acceptors (Lipinski definition) is 3. The van der Waals surface area contributed by atoms with Crippen LogP contribution in [0.3, 0.4) is 0 Å². The standard InChI is InChI=1S/C12H19F2NO2/c1-8-2-4-9(5-3-8)15-7-10-6-12(13,14)11(16)17-10/h8-10,15H,2-7H2,1H3. The Labute approximate surface area is 99.9 Å². The van der Waals surface area contributed by atoms with Crippen molar-refractivity contribution in [3.05, 3.63) is 0 Å². The number of esters is 1. The first-order valence-corrected chi connectivity index (χ1v) is 6.29. The number of carbonyl (C=O) groups excluding carboxylic acids is 1. The summed E-state index contributed by atoms with van der Waals surface area (Å²) in [6.07, 6.45) is 3.37. The van der Waals surface area contributed by atoms with E-state index in [2.05, 4.69) is 17.0 Å². The maximum absolute atomic E-state index is 12.9. The highest BCUT2D eigenvalue weighted by molar-refractivity contribution is 5.79. The van der Waals surface area contributed by atoms with Gasteiger partial charge in [-0.25, -0.2) is 4.79 Å². The van der Waals surface area contributed by atoms with Crippen LogP contribution >= 0.6 is 0 Å². The summed E-state index contributed by atoms with van der Waals surface area (Å²) in [6, 6.07) is 0.388. The molecule has 1 saturated heterocycles. The third kappa shape index (κ3) is 3.15. The first-order valence-electron chi connectivity index (χ1n) is 6.29. The Bertz CT molecular complexity index is 288. The molecule has 2 rings (SSSR count). The van der Waals surface area contributed by atoms with E-state index < -0.39 is 24.4 Å². The molecule has 3 nitrogen and oxygen atoms in total. The second kappa shape index (κ2) is 4.88. The number of carbonyl (C=O) groups is 1. The SMILES string of the molecule is CC1CCC(NCC2CC(F)(F)C(=O)O2)CC1. The van der Waals surface area contributed by atoms with E-state index in [1.807, 2.05) is 0 Å². The monoisotopic (exact) mass is 247 g/mol. The Morgan fingerprint density at radius 1 is 1.35 bits per heavy atom. The molecular formula is C12H19F2NO2. The lowest BCUT2D eigenvalue weighted by Gasteiger charge is -2.27. The van der Waals surface area contributed by atoms with Crippen LogP contribution in [-0.2, 0) is 9.53 Å². The van der Waals surface area contributed by atoms with Crippen LogP contribution in [0.1, 0.15) is 39.0 Å². The molecule has 0 radical (unpaired) electrons. The Morgan fingerprint density at radius 2 is 2.00 bits per heavy atom. The van der Waals surface area contributed by atoms with Crippen molar-refractivity contribution in [3.63, 3.8) is 0 Å². The lowest BCUT2D eigenvalue weighted by atomic mass is 9.87. The van der Waals surface area contributed by atoms with E-state index in [9.17, 15) is 13.6 Å². The largest absolute Gasteiger partial charge is 0.456 e. The Balaban J connectivity index is 1.71. The minimum absolute atomic E-state index is 0.348. The maximum atomic E-state index is 12.9. The van der Waals surface area contributed by atoms with Gasteiger partial charge >= 0.3 is 11.9 Å². The van der Waals surface area contributed by atoms with Crippen molar-refractivity contribution in [2.24, 2.45) is 5.92 Å². The zero-order valence-corrected chi connectivity index (χ0v) is 10.0. The summed E-state index contributed by atoms with van der Waals surface area (Å²) in [5.74, 6) is -3.89. The van der Waals surface area contributed by atoms with E-state index in [4.69, 9.17) is 0 Å². The number of hydrogen-bond donors (Lipinski definition) is 1. The van der Waals surface area contributed by atoms with E-state index in [0.717, 1.165) is 18.8 Å². The molecule has 0 aromatic carbocycles. The van der Waals surface area contributed by atoms with Crippen LogP contribution in [0.4, 0.5) is 8.78 Å². The predicted octanol–water partition coefficient (Wildman–Crippen LogP) is 2.11. The zero-order valence-electron chi connectivity index (χ0n) is 10.0. The van der Waals surface area contributed by atoms with Gasteiger partial charge in [0.25, 0.3) is 0 Å². The van der Waals surface area contributed by atoms with Crippen LogP contribution in [0.5, 0.6) is 0 Å². The molecule has 1 aliphatic carbocycles. The van der Waals surface area contributed by atoms with Gasteiger partial charge in [-0.1, -0.05) is 6.92 Å². The van der Waals surface area contributed by atoms with E-state index in [1.54, 1.807) is 0 Å². The zero-order chi connectivity index (χ0) is 12.5. The summed E-state index contributed by atoms with van der Waals surface area (Å²) in [4.78, 5) is 10.8. The van der Waals surface area contributed by atoms with Crippen molar-refractivity contribution in [2.45, 2.75) is 57.1 Å². The van der Waals surface area contributed by atoms with Crippen LogP contribution in [0.2, 0.25) is 0 Å². The van der Waals surface area contributed by atoms with Crippen LogP contribution in [-0.4, -0.2) is 30.6 Å².